The van der Waals surface area contributed by atoms with E-state index >= 15 is 0 Å². The zero-order chi connectivity index (χ0) is 14.3. The van der Waals surface area contributed by atoms with Crippen LogP contribution in [0.5, 0.6) is 0 Å². The molecule has 1 aliphatic heterocycles. The molecular weight excluding hydrogens is 260 g/mol. The van der Waals surface area contributed by atoms with Crippen LogP contribution < -0.4 is 5.32 Å². The molecule has 116 valence electrons. The Bertz CT molecular complexity index is 405. The van der Waals surface area contributed by atoms with E-state index in [-0.39, 0.29) is 0 Å². The summed E-state index contributed by atoms with van der Waals surface area (Å²) in [5.41, 5.74) is 1.43. The molecule has 0 amide bonds. The van der Waals surface area contributed by atoms with Crippen LogP contribution in [0.3, 0.4) is 0 Å². The molecule has 1 aliphatic carbocycles. The SMILES string of the molecule is c1ccc(CC2CN(CCCOCC3CC3)CCN2)cc1. The molecule has 1 N–H and O–H groups in total. The monoisotopic (exact) mass is 288 g/mol. The van der Waals surface area contributed by atoms with Crippen LogP contribution in [0.25, 0.3) is 0 Å². The molecule has 1 aromatic rings. The number of piperazine rings is 1. The van der Waals surface area contributed by atoms with E-state index < -0.39 is 0 Å². The van der Waals surface area contributed by atoms with E-state index in [4.69, 9.17) is 4.74 Å². The molecule has 21 heavy (non-hydrogen) atoms. The number of hydrogen-bond acceptors (Lipinski definition) is 3. The Morgan fingerprint density at radius 3 is 2.86 bits per heavy atom. The lowest BCUT2D eigenvalue weighted by atomic mass is 10.0. The predicted octanol–water partition coefficient (Wildman–Crippen LogP) is 2.32. The molecule has 3 rings (SSSR count). The molecular formula is C18H28N2O. The first kappa shape index (κ1) is 15.0. The maximum atomic E-state index is 5.73. The number of hydrogen-bond donors (Lipinski definition) is 1. The van der Waals surface area contributed by atoms with Crippen molar-refractivity contribution in [1.82, 2.24) is 10.2 Å². The van der Waals surface area contributed by atoms with Crippen LogP contribution in [0.4, 0.5) is 0 Å². The van der Waals surface area contributed by atoms with Crippen molar-refractivity contribution >= 4 is 0 Å². The first-order valence-electron chi connectivity index (χ1n) is 8.47. The highest BCUT2D eigenvalue weighted by atomic mass is 16.5. The van der Waals surface area contributed by atoms with Gasteiger partial charge in [0.25, 0.3) is 0 Å². The van der Waals surface area contributed by atoms with Gasteiger partial charge in [-0.15, -0.1) is 0 Å². The Hall–Kier alpha value is -0.900. The minimum atomic E-state index is 0.591. The Kier molecular flexibility index (Phi) is 5.67. The van der Waals surface area contributed by atoms with E-state index in [0.717, 1.165) is 38.6 Å². The van der Waals surface area contributed by atoms with Gasteiger partial charge in [-0.25, -0.2) is 0 Å². The van der Waals surface area contributed by atoms with Gasteiger partial charge in [-0.1, -0.05) is 30.3 Å². The summed E-state index contributed by atoms with van der Waals surface area (Å²) in [4.78, 5) is 2.59. The van der Waals surface area contributed by atoms with Gasteiger partial charge >= 0.3 is 0 Å². The van der Waals surface area contributed by atoms with Gasteiger partial charge in [0.2, 0.25) is 0 Å². The molecule has 2 aliphatic rings. The quantitative estimate of drug-likeness (QED) is 0.743. The van der Waals surface area contributed by atoms with E-state index in [9.17, 15) is 0 Å². The van der Waals surface area contributed by atoms with Crippen molar-refractivity contribution in [2.45, 2.75) is 31.7 Å². The molecule has 0 spiro atoms. The minimum Gasteiger partial charge on any atom is -0.381 e. The van der Waals surface area contributed by atoms with Gasteiger partial charge < -0.3 is 15.0 Å². The molecule has 1 unspecified atom stereocenters. The first-order chi connectivity index (χ1) is 10.4. The molecule has 1 saturated heterocycles. The lowest BCUT2D eigenvalue weighted by molar-refractivity contribution is 0.106. The fourth-order valence-corrected chi connectivity index (χ4v) is 3.06. The number of benzene rings is 1. The summed E-state index contributed by atoms with van der Waals surface area (Å²) < 4.78 is 5.73. The summed E-state index contributed by atoms with van der Waals surface area (Å²) in [5.74, 6) is 0.888. The van der Waals surface area contributed by atoms with Crippen molar-refractivity contribution in [3.8, 4) is 0 Å². The number of nitrogens with one attached hydrogen (secondary N) is 1. The van der Waals surface area contributed by atoms with Gasteiger partial charge in [0.1, 0.15) is 0 Å². The second kappa shape index (κ2) is 7.92. The molecule has 1 heterocycles. The zero-order valence-corrected chi connectivity index (χ0v) is 13.0. The van der Waals surface area contributed by atoms with Crippen LogP contribution in [0.15, 0.2) is 30.3 Å². The van der Waals surface area contributed by atoms with Crippen LogP contribution in [0.1, 0.15) is 24.8 Å². The molecule has 0 bridgehead atoms. The maximum absolute atomic E-state index is 5.73. The van der Waals surface area contributed by atoms with Gasteiger partial charge in [-0.2, -0.15) is 0 Å². The molecule has 1 atom stereocenters. The second-order valence-corrected chi connectivity index (χ2v) is 6.51. The van der Waals surface area contributed by atoms with E-state index in [2.05, 4.69) is 40.5 Å². The summed E-state index contributed by atoms with van der Waals surface area (Å²) in [6.07, 6.45) is 5.08. The van der Waals surface area contributed by atoms with Gasteiger partial charge in [-0.05, 0) is 37.2 Å². The lowest BCUT2D eigenvalue weighted by Crippen LogP contribution is -2.51. The summed E-state index contributed by atoms with van der Waals surface area (Å²) in [6.45, 7) is 6.56. The molecule has 1 saturated carbocycles. The average Bonchev–Trinajstić information content (AvgIpc) is 3.33. The van der Waals surface area contributed by atoms with Gasteiger partial charge in [0, 0.05) is 45.4 Å². The second-order valence-electron chi connectivity index (χ2n) is 6.51. The number of nitrogens with zero attached hydrogens (tertiary/aromatic N) is 1. The fraction of sp³-hybridized carbons (Fsp3) is 0.667. The summed E-state index contributed by atoms with van der Waals surface area (Å²) in [5, 5.41) is 3.65. The summed E-state index contributed by atoms with van der Waals surface area (Å²) in [7, 11) is 0. The van der Waals surface area contributed by atoms with E-state index in [1.165, 1.54) is 37.9 Å². The van der Waals surface area contributed by atoms with E-state index in [1.54, 1.807) is 0 Å². The van der Waals surface area contributed by atoms with E-state index in [1.807, 2.05) is 0 Å². The first-order valence-corrected chi connectivity index (χ1v) is 8.47. The normalized spacial score (nSPS) is 23.3. The highest BCUT2D eigenvalue weighted by Crippen LogP contribution is 2.28. The molecule has 3 nitrogen and oxygen atoms in total. The third kappa shape index (κ3) is 5.42. The van der Waals surface area contributed by atoms with Crippen LogP contribution in [0, 0.1) is 5.92 Å². The molecule has 3 heteroatoms. The van der Waals surface area contributed by atoms with Gasteiger partial charge in [0.05, 0.1) is 0 Å². The molecule has 2 fully saturated rings. The largest absolute Gasteiger partial charge is 0.381 e. The highest BCUT2D eigenvalue weighted by Gasteiger charge is 2.21. The maximum Gasteiger partial charge on any atom is 0.0494 e. The zero-order valence-electron chi connectivity index (χ0n) is 13.0. The molecule has 0 aromatic heterocycles. The van der Waals surface area contributed by atoms with Crippen molar-refractivity contribution < 1.29 is 4.74 Å². The molecule has 1 aromatic carbocycles. The Morgan fingerprint density at radius 2 is 2.05 bits per heavy atom. The lowest BCUT2D eigenvalue weighted by Gasteiger charge is -2.33. The van der Waals surface area contributed by atoms with E-state index in [0.29, 0.717) is 6.04 Å². The summed E-state index contributed by atoms with van der Waals surface area (Å²) >= 11 is 0. The smallest absolute Gasteiger partial charge is 0.0494 e. The topological polar surface area (TPSA) is 24.5 Å². The van der Waals surface area contributed by atoms with Crippen molar-refractivity contribution in [3.63, 3.8) is 0 Å². The highest BCUT2D eigenvalue weighted by molar-refractivity contribution is 5.16. The van der Waals surface area contributed by atoms with Crippen LogP contribution in [0.2, 0.25) is 0 Å². The number of ether oxygens (including phenoxy) is 1. The van der Waals surface area contributed by atoms with Crippen molar-refractivity contribution in [2.75, 3.05) is 39.4 Å². The Morgan fingerprint density at radius 1 is 1.19 bits per heavy atom. The van der Waals surface area contributed by atoms with Crippen molar-refractivity contribution in [3.05, 3.63) is 35.9 Å². The van der Waals surface area contributed by atoms with Crippen LogP contribution in [-0.4, -0.2) is 50.3 Å². The third-order valence-corrected chi connectivity index (χ3v) is 4.48. The summed E-state index contributed by atoms with van der Waals surface area (Å²) in [6, 6.07) is 11.4. The predicted molar refractivity (Wildman–Crippen MR) is 86.5 cm³/mol. The standard InChI is InChI=1S/C18H28N2O/c1-2-5-16(6-3-1)13-18-14-20(11-9-19-18)10-4-12-21-15-17-7-8-17/h1-3,5-6,17-19H,4,7-15H2. The Labute approximate surface area is 128 Å². The fourth-order valence-electron chi connectivity index (χ4n) is 3.06. The van der Waals surface area contributed by atoms with Crippen molar-refractivity contribution in [2.24, 2.45) is 5.92 Å². The van der Waals surface area contributed by atoms with Gasteiger partial charge in [-0.3, -0.25) is 0 Å². The van der Waals surface area contributed by atoms with Crippen LogP contribution >= 0.6 is 0 Å². The third-order valence-electron chi connectivity index (χ3n) is 4.48. The molecule has 0 radical (unpaired) electrons. The number of rotatable bonds is 8. The van der Waals surface area contributed by atoms with Gasteiger partial charge in [0.15, 0.2) is 0 Å². The van der Waals surface area contributed by atoms with Crippen molar-refractivity contribution in [1.29, 1.82) is 0 Å². The van der Waals surface area contributed by atoms with Crippen LogP contribution in [-0.2, 0) is 11.2 Å². The average molecular weight is 288 g/mol. The Balaban J connectivity index is 1.32. The minimum absolute atomic E-state index is 0.591.